The van der Waals surface area contributed by atoms with Gasteiger partial charge in [0.05, 0.1) is 6.26 Å². The molecule has 0 unspecified atom stereocenters. The second-order valence-corrected chi connectivity index (χ2v) is 8.13. The molecule has 0 aliphatic heterocycles. The molecule has 5 nitrogen and oxygen atoms in total. The summed E-state index contributed by atoms with van der Waals surface area (Å²) in [6, 6.07) is 18.0. The van der Waals surface area contributed by atoms with E-state index in [0.29, 0.717) is 6.42 Å². The van der Waals surface area contributed by atoms with Crippen molar-refractivity contribution in [3.8, 4) is 0 Å². The van der Waals surface area contributed by atoms with Crippen molar-refractivity contribution in [2.24, 2.45) is 0 Å². The molecule has 1 heterocycles. The Bertz CT molecular complexity index is 1030. The van der Waals surface area contributed by atoms with Gasteiger partial charge in [0.15, 0.2) is 5.76 Å². The number of hydrogen-bond acceptors (Lipinski definition) is 3. The average Bonchev–Trinajstić information content (AvgIpc) is 3.52. The van der Waals surface area contributed by atoms with Crippen molar-refractivity contribution in [3.05, 3.63) is 95.7 Å². The van der Waals surface area contributed by atoms with Crippen LogP contribution in [0.25, 0.3) is 0 Å². The lowest BCUT2D eigenvalue weighted by molar-refractivity contribution is -0.126. The smallest absolute Gasteiger partial charge is 0.290 e. The normalized spacial score (nSPS) is 14.8. The van der Waals surface area contributed by atoms with Gasteiger partial charge in [-0.15, -0.1) is 0 Å². The van der Waals surface area contributed by atoms with Gasteiger partial charge in [0.1, 0.15) is 11.9 Å². The van der Waals surface area contributed by atoms with E-state index in [1.54, 1.807) is 30.3 Å². The van der Waals surface area contributed by atoms with E-state index in [4.69, 9.17) is 4.42 Å². The van der Waals surface area contributed by atoms with Gasteiger partial charge in [0, 0.05) is 18.2 Å². The predicted octanol–water partition coefficient (Wildman–Crippen LogP) is 4.90. The summed E-state index contributed by atoms with van der Waals surface area (Å²) in [5, 5.41) is 3.05. The molecule has 32 heavy (non-hydrogen) atoms. The summed E-state index contributed by atoms with van der Waals surface area (Å²) in [6.07, 6.45) is 5.84. The number of halogens is 1. The van der Waals surface area contributed by atoms with E-state index in [0.717, 1.165) is 31.2 Å². The van der Waals surface area contributed by atoms with Gasteiger partial charge in [0.25, 0.3) is 5.91 Å². The van der Waals surface area contributed by atoms with Gasteiger partial charge >= 0.3 is 0 Å². The second-order valence-electron chi connectivity index (χ2n) is 8.13. The Labute approximate surface area is 187 Å². The molecule has 0 spiro atoms. The Kier molecular flexibility index (Phi) is 7.00. The number of hydrogen-bond donors (Lipinski definition) is 1. The zero-order valence-electron chi connectivity index (χ0n) is 17.9. The van der Waals surface area contributed by atoms with Crippen molar-refractivity contribution in [1.29, 1.82) is 0 Å². The van der Waals surface area contributed by atoms with Crippen molar-refractivity contribution in [3.63, 3.8) is 0 Å². The molecule has 1 aromatic heterocycles. The predicted molar refractivity (Wildman–Crippen MR) is 119 cm³/mol. The van der Waals surface area contributed by atoms with E-state index in [2.05, 4.69) is 5.32 Å². The van der Waals surface area contributed by atoms with Gasteiger partial charge in [-0.3, -0.25) is 9.59 Å². The fourth-order valence-corrected chi connectivity index (χ4v) is 4.28. The molecule has 3 aromatic rings. The van der Waals surface area contributed by atoms with Gasteiger partial charge in [-0.05, 0) is 43.0 Å². The van der Waals surface area contributed by atoms with Crippen LogP contribution in [0.4, 0.5) is 4.39 Å². The summed E-state index contributed by atoms with van der Waals surface area (Å²) in [5.41, 5.74) is 1.20. The Morgan fingerprint density at radius 2 is 1.72 bits per heavy atom. The summed E-state index contributed by atoms with van der Waals surface area (Å²) in [5.74, 6) is -1.21. The highest BCUT2D eigenvalue weighted by Crippen LogP contribution is 2.28. The van der Waals surface area contributed by atoms with Gasteiger partial charge in [-0.25, -0.2) is 4.39 Å². The third-order valence-electron chi connectivity index (χ3n) is 5.94. The summed E-state index contributed by atoms with van der Waals surface area (Å²) in [6.45, 7) is 0.237. The van der Waals surface area contributed by atoms with Crippen LogP contribution in [0, 0.1) is 5.82 Å². The van der Waals surface area contributed by atoms with Crippen LogP contribution >= 0.6 is 0 Å². The molecule has 0 saturated heterocycles. The van der Waals surface area contributed by atoms with Gasteiger partial charge in [-0.1, -0.05) is 61.4 Å². The van der Waals surface area contributed by atoms with Crippen LogP contribution in [0.3, 0.4) is 0 Å². The standard InChI is InChI=1S/C26H27FN2O3/c27-22-14-7-6-13-21(22)24(25(30)28-20-11-4-5-12-20)29(26(31)23-15-8-18-32-23)17-16-19-9-2-1-3-10-19/h1-3,6-10,13-15,18,20,24H,4-5,11-12,16-17H2,(H,28,30)/t24-/m1/s1. The summed E-state index contributed by atoms with van der Waals surface area (Å²) in [7, 11) is 0. The number of carbonyl (C=O) groups is 2. The molecule has 1 aliphatic carbocycles. The van der Waals surface area contributed by atoms with E-state index in [-0.39, 0.29) is 29.8 Å². The maximum absolute atomic E-state index is 14.9. The highest BCUT2D eigenvalue weighted by molar-refractivity contribution is 5.96. The van der Waals surface area contributed by atoms with Crippen molar-refractivity contribution in [2.45, 2.75) is 44.2 Å². The third-order valence-corrected chi connectivity index (χ3v) is 5.94. The molecule has 0 bridgehead atoms. The van der Waals surface area contributed by atoms with Crippen LogP contribution in [0.2, 0.25) is 0 Å². The molecule has 1 aliphatic rings. The molecule has 1 saturated carbocycles. The van der Waals surface area contributed by atoms with Gasteiger partial charge < -0.3 is 14.6 Å². The number of nitrogens with one attached hydrogen (secondary N) is 1. The first-order chi connectivity index (χ1) is 15.6. The first-order valence-corrected chi connectivity index (χ1v) is 11.1. The zero-order chi connectivity index (χ0) is 22.3. The highest BCUT2D eigenvalue weighted by Gasteiger charge is 2.35. The fourth-order valence-electron chi connectivity index (χ4n) is 4.28. The van der Waals surface area contributed by atoms with Crippen molar-refractivity contribution >= 4 is 11.8 Å². The first kappa shape index (κ1) is 21.8. The van der Waals surface area contributed by atoms with Crippen LogP contribution in [0.5, 0.6) is 0 Å². The number of amides is 2. The average molecular weight is 435 g/mol. The number of carbonyl (C=O) groups excluding carboxylic acids is 2. The van der Waals surface area contributed by atoms with Crippen LogP contribution in [0.1, 0.15) is 53.4 Å². The lowest BCUT2D eigenvalue weighted by Gasteiger charge is -2.32. The van der Waals surface area contributed by atoms with Crippen LogP contribution < -0.4 is 5.32 Å². The van der Waals surface area contributed by atoms with Gasteiger partial charge in [0.2, 0.25) is 5.91 Å². The number of rotatable bonds is 8. The van der Waals surface area contributed by atoms with Crippen molar-refractivity contribution < 1.29 is 18.4 Å². The minimum absolute atomic E-state index is 0.0476. The maximum Gasteiger partial charge on any atom is 0.290 e. The van der Waals surface area contributed by atoms with Crippen molar-refractivity contribution in [2.75, 3.05) is 6.54 Å². The van der Waals surface area contributed by atoms with E-state index in [1.165, 1.54) is 17.2 Å². The molecule has 0 radical (unpaired) electrons. The zero-order valence-corrected chi connectivity index (χ0v) is 17.9. The molecule has 4 rings (SSSR count). The molecule has 2 amide bonds. The Morgan fingerprint density at radius 3 is 2.41 bits per heavy atom. The molecule has 2 aromatic carbocycles. The van der Waals surface area contributed by atoms with Crippen LogP contribution in [0.15, 0.2) is 77.4 Å². The largest absolute Gasteiger partial charge is 0.459 e. The Hall–Kier alpha value is -3.41. The lowest BCUT2D eigenvalue weighted by Crippen LogP contribution is -2.47. The molecule has 1 fully saturated rings. The fraction of sp³-hybridized carbons (Fsp3) is 0.308. The van der Waals surface area contributed by atoms with Crippen LogP contribution in [-0.2, 0) is 11.2 Å². The number of benzene rings is 2. The van der Waals surface area contributed by atoms with E-state index < -0.39 is 17.8 Å². The van der Waals surface area contributed by atoms with Crippen LogP contribution in [-0.4, -0.2) is 29.3 Å². The van der Waals surface area contributed by atoms with E-state index in [1.807, 2.05) is 30.3 Å². The molecule has 166 valence electrons. The minimum atomic E-state index is -1.10. The molecule has 6 heteroatoms. The van der Waals surface area contributed by atoms with E-state index >= 15 is 0 Å². The number of furan rings is 1. The summed E-state index contributed by atoms with van der Waals surface area (Å²) >= 11 is 0. The Morgan fingerprint density at radius 1 is 1.00 bits per heavy atom. The molecule has 1 N–H and O–H groups in total. The Balaban J connectivity index is 1.69. The monoisotopic (exact) mass is 434 g/mol. The maximum atomic E-state index is 14.9. The minimum Gasteiger partial charge on any atom is -0.459 e. The topological polar surface area (TPSA) is 62.6 Å². The highest BCUT2D eigenvalue weighted by atomic mass is 19.1. The molecular weight excluding hydrogens is 407 g/mol. The third kappa shape index (κ3) is 5.07. The number of nitrogens with zero attached hydrogens (tertiary/aromatic N) is 1. The lowest BCUT2D eigenvalue weighted by atomic mass is 10.0. The molecular formula is C26H27FN2O3. The van der Waals surface area contributed by atoms with Crippen molar-refractivity contribution in [1.82, 2.24) is 10.2 Å². The van der Waals surface area contributed by atoms with E-state index in [9.17, 15) is 14.0 Å². The quantitative estimate of drug-likeness (QED) is 0.548. The SMILES string of the molecule is O=C(NC1CCCC1)[C@@H](c1ccccc1F)N(CCc1ccccc1)C(=O)c1ccco1. The summed E-state index contributed by atoms with van der Waals surface area (Å²) in [4.78, 5) is 28.3. The summed E-state index contributed by atoms with van der Waals surface area (Å²) < 4.78 is 20.2. The first-order valence-electron chi connectivity index (χ1n) is 11.1. The molecule has 1 atom stereocenters. The van der Waals surface area contributed by atoms with Gasteiger partial charge in [-0.2, -0.15) is 0 Å². The second kappa shape index (κ2) is 10.3.